The largest absolute Gasteiger partial charge is 0.481 e. The molecule has 0 aliphatic carbocycles. The van der Waals surface area contributed by atoms with E-state index in [9.17, 15) is 19.7 Å². The molecule has 0 aliphatic rings. The van der Waals surface area contributed by atoms with E-state index in [4.69, 9.17) is 4.74 Å². The normalized spacial score (nSPS) is 11.3. The van der Waals surface area contributed by atoms with Crippen molar-refractivity contribution < 1.29 is 19.2 Å². The summed E-state index contributed by atoms with van der Waals surface area (Å²) in [7, 11) is 0. The van der Waals surface area contributed by atoms with E-state index in [0.29, 0.717) is 5.75 Å². The number of hydrogen-bond donors (Lipinski definition) is 2. The number of nitro benzene ring substituents is 1. The lowest BCUT2D eigenvalue weighted by Crippen LogP contribution is -2.47. The minimum absolute atomic E-state index is 0.128. The Morgan fingerprint density at radius 2 is 1.68 bits per heavy atom. The highest BCUT2D eigenvalue weighted by atomic mass is 79.9. The molecule has 8 nitrogen and oxygen atoms in total. The third-order valence-corrected chi connectivity index (χ3v) is 3.66. The average Bonchev–Trinajstić information content (AvgIpc) is 2.61. The molecule has 2 rings (SSSR count). The number of ether oxygens (including phenoxy) is 1. The summed E-state index contributed by atoms with van der Waals surface area (Å²) in [6.45, 7) is 1.54. The fourth-order valence-electron chi connectivity index (χ4n) is 1.80. The van der Waals surface area contributed by atoms with Crippen LogP contribution < -0.4 is 15.6 Å². The number of halogens is 1. The Kier molecular flexibility index (Phi) is 6.07. The Bertz CT molecular complexity index is 777. The second-order valence-electron chi connectivity index (χ2n) is 4.96. The van der Waals surface area contributed by atoms with Gasteiger partial charge in [-0.2, -0.15) is 0 Å². The van der Waals surface area contributed by atoms with E-state index in [1.54, 1.807) is 24.3 Å². The van der Waals surface area contributed by atoms with Crippen molar-refractivity contribution in [1.29, 1.82) is 0 Å². The molecule has 9 heteroatoms. The molecule has 0 bridgehead atoms. The predicted octanol–water partition coefficient (Wildman–Crippen LogP) is 2.59. The van der Waals surface area contributed by atoms with Crippen LogP contribution in [0.5, 0.6) is 5.75 Å². The lowest BCUT2D eigenvalue weighted by molar-refractivity contribution is -0.384. The average molecular weight is 408 g/mol. The van der Waals surface area contributed by atoms with Gasteiger partial charge in [0.2, 0.25) is 0 Å². The van der Waals surface area contributed by atoms with Gasteiger partial charge in [0.15, 0.2) is 6.10 Å². The first kappa shape index (κ1) is 18.4. The van der Waals surface area contributed by atoms with Gasteiger partial charge in [-0.05, 0) is 43.3 Å². The van der Waals surface area contributed by atoms with Crippen molar-refractivity contribution in [3.05, 3.63) is 68.7 Å². The van der Waals surface area contributed by atoms with Crippen molar-refractivity contribution in [3.8, 4) is 5.75 Å². The van der Waals surface area contributed by atoms with E-state index in [1.807, 2.05) is 0 Å². The van der Waals surface area contributed by atoms with Gasteiger partial charge in [0, 0.05) is 22.2 Å². The molecule has 0 saturated carbocycles. The Morgan fingerprint density at radius 1 is 1.08 bits per heavy atom. The highest BCUT2D eigenvalue weighted by Gasteiger charge is 2.16. The lowest BCUT2D eigenvalue weighted by atomic mass is 10.2. The van der Waals surface area contributed by atoms with Crippen molar-refractivity contribution in [3.63, 3.8) is 0 Å². The number of non-ortho nitro benzene ring substituents is 1. The van der Waals surface area contributed by atoms with Gasteiger partial charge < -0.3 is 4.74 Å². The fraction of sp³-hybridized carbons (Fsp3) is 0.125. The van der Waals surface area contributed by atoms with Crippen LogP contribution >= 0.6 is 15.9 Å². The van der Waals surface area contributed by atoms with Gasteiger partial charge in [0.1, 0.15) is 5.75 Å². The first-order valence-corrected chi connectivity index (χ1v) is 7.93. The topological polar surface area (TPSA) is 111 Å². The number of nitrogens with one attached hydrogen (secondary N) is 2. The van der Waals surface area contributed by atoms with E-state index in [0.717, 1.165) is 4.47 Å². The number of benzene rings is 2. The maximum absolute atomic E-state index is 11.9. The van der Waals surface area contributed by atoms with Crippen LogP contribution in [0.3, 0.4) is 0 Å². The first-order valence-electron chi connectivity index (χ1n) is 7.13. The number of rotatable bonds is 5. The third-order valence-electron chi connectivity index (χ3n) is 3.14. The number of carbonyl (C=O) groups excluding carboxylic acids is 2. The van der Waals surface area contributed by atoms with Gasteiger partial charge in [-0.1, -0.05) is 15.9 Å². The summed E-state index contributed by atoms with van der Waals surface area (Å²) in [4.78, 5) is 33.9. The predicted molar refractivity (Wildman–Crippen MR) is 92.9 cm³/mol. The van der Waals surface area contributed by atoms with E-state index >= 15 is 0 Å². The monoisotopic (exact) mass is 407 g/mol. The molecule has 0 aromatic heterocycles. The maximum atomic E-state index is 11.9. The molecule has 1 atom stereocenters. The van der Waals surface area contributed by atoms with Crippen molar-refractivity contribution in [2.24, 2.45) is 0 Å². The molecule has 0 aliphatic heterocycles. The van der Waals surface area contributed by atoms with Crippen LogP contribution in [-0.2, 0) is 4.79 Å². The lowest BCUT2D eigenvalue weighted by Gasteiger charge is -2.15. The smallest absolute Gasteiger partial charge is 0.279 e. The second kappa shape index (κ2) is 8.25. The van der Waals surface area contributed by atoms with Crippen LogP contribution in [0, 0.1) is 10.1 Å². The summed E-state index contributed by atoms with van der Waals surface area (Å²) < 4.78 is 6.33. The summed E-state index contributed by atoms with van der Waals surface area (Å²) in [6.07, 6.45) is -0.835. The SMILES string of the molecule is C[C@H](Oc1ccc(Br)cc1)C(=O)NNC(=O)c1ccc([N+](=O)[O-])cc1. The van der Waals surface area contributed by atoms with Gasteiger partial charge in [-0.25, -0.2) is 0 Å². The Hall–Kier alpha value is -2.94. The van der Waals surface area contributed by atoms with Crippen LogP contribution in [0.4, 0.5) is 5.69 Å². The van der Waals surface area contributed by atoms with Gasteiger partial charge in [0.05, 0.1) is 4.92 Å². The molecule has 0 unspecified atom stereocenters. The zero-order valence-corrected chi connectivity index (χ0v) is 14.6. The minimum Gasteiger partial charge on any atom is -0.481 e. The number of amides is 2. The van der Waals surface area contributed by atoms with Crippen molar-refractivity contribution in [1.82, 2.24) is 10.9 Å². The van der Waals surface area contributed by atoms with Crippen LogP contribution in [0.15, 0.2) is 53.0 Å². The van der Waals surface area contributed by atoms with Crippen LogP contribution in [0.1, 0.15) is 17.3 Å². The zero-order valence-electron chi connectivity index (χ0n) is 13.1. The van der Waals surface area contributed by atoms with E-state index in [2.05, 4.69) is 26.8 Å². The quantitative estimate of drug-likeness (QED) is 0.584. The summed E-state index contributed by atoms with van der Waals surface area (Å²) in [5.74, 6) is -0.634. The third kappa shape index (κ3) is 5.28. The molecule has 0 fully saturated rings. The molecule has 2 amide bonds. The molecule has 25 heavy (non-hydrogen) atoms. The standard InChI is InChI=1S/C16H14BrN3O5/c1-10(25-14-8-4-12(17)5-9-14)15(21)18-19-16(22)11-2-6-13(7-3-11)20(23)24/h2-10H,1H3,(H,18,21)(H,19,22)/t10-/m0/s1. The van der Waals surface area contributed by atoms with E-state index in [1.165, 1.54) is 31.2 Å². The van der Waals surface area contributed by atoms with E-state index < -0.39 is 22.8 Å². The fourth-order valence-corrected chi connectivity index (χ4v) is 2.06. The molecular formula is C16H14BrN3O5. The van der Waals surface area contributed by atoms with Crippen molar-refractivity contribution in [2.75, 3.05) is 0 Å². The van der Waals surface area contributed by atoms with Crippen LogP contribution in [0.2, 0.25) is 0 Å². The number of hydrazine groups is 1. The minimum atomic E-state index is -0.835. The molecule has 130 valence electrons. The van der Waals surface area contributed by atoms with Crippen molar-refractivity contribution >= 4 is 33.4 Å². The molecule has 2 aromatic rings. The number of nitro groups is 1. The van der Waals surface area contributed by atoms with Crippen molar-refractivity contribution in [2.45, 2.75) is 13.0 Å². The first-order chi connectivity index (χ1) is 11.9. The van der Waals surface area contributed by atoms with Gasteiger partial charge in [0.25, 0.3) is 17.5 Å². The van der Waals surface area contributed by atoms with Crippen LogP contribution in [-0.4, -0.2) is 22.8 Å². The van der Waals surface area contributed by atoms with Gasteiger partial charge in [-0.3, -0.25) is 30.6 Å². The second-order valence-corrected chi connectivity index (χ2v) is 5.88. The summed E-state index contributed by atoms with van der Waals surface area (Å²) >= 11 is 3.30. The summed E-state index contributed by atoms with van der Waals surface area (Å²) in [5.41, 5.74) is 4.52. The Labute approximate surface area is 151 Å². The summed E-state index contributed by atoms with van der Waals surface area (Å²) in [6, 6.07) is 11.9. The number of carbonyl (C=O) groups is 2. The zero-order chi connectivity index (χ0) is 18.4. The molecule has 0 heterocycles. The number of nitrogens with zero attached hydrogens (tertiary/aromatic N) is 1. The Morgan fingerprint density at radius 3 is 2.24 bits per heavy atom. The summed E-state index contributed by atoms with van der Waals surface area (Å²) in [5, 5.41) is 10.6. The van der Waals surface area contributed by atoms with E-state index in [-0.39, 0.29) is 11.3 Å². The molecule has 2 N–H and O–H groups in total. The van der Waals surface area contributed by atoms with Gasteiger partial charge in [-0.15, -0.1) is 0 Å². The Balaban J connectivity index is 1.86. The molecule has 0 spiro atoms. The molecule has 0 saturated heterocycles. The highest BCUT2D eigenvalue weighted by Crippen LogP contribution is 2.17. The molecular weight excluding hydrogens is 394 g/mol. The highest BCUT2D eigenvalue weighted by molar-refractivity contribution is 9.10. The van der Waals surface area contributed by atoms with Gasteiger partial charge >= 0.3 is 0 Å². The molecule has 2 aromatic carbocycles. The maximum Gasteiger partial charge on any atom is 0.279 e. The van der Waals surface area contributed by atoms with Crippen LogP contribution in [0.25, 0.3) is 0 Å². The number of hydrogen-bond acceptors (Lipinski definition) is 5. The molecule has 0 radical (unpaired) electrons.